The highest BCUT2D eigenvalue weighted by Crippen LogP contribution is 2.06. The van der Waals surface area contributed by atoms with Gasteiger partial charge in [-0.2, -0.15) is 0 Å². The maximum absolute atomic E-state index is 12.2. The van der Waals surface area contributed by atoms with E-state index in [2.05, 4.69) is 17.2 Å². The Morgan fingerprint density at radius 2 is 1.90 bits per heavy atom. The van der Waals surface area contributed by atoms with E-state index in [1.807, 2.05) is 13.8 Å². The molecular weight excluding hydrogens is 266 g/mol. The van der Waals surface area contributed by atoms with Gasteiger partial charge in [-0.25, -0.2) is 0 Å². The van der Waals surface area contributed by atoms with E-state index in [0.29, 0.717) is 12.1 Å². The van der Waals surface area contributed by atoms with E-state index in [4.69, 9.17) is 5.73 Å². The predicted octanol–water partition coefficient (Wildman–Crippen LogP) is 0.593. The molecule has 5 nitrogen and oxygen atoms in total. The molecule has 0 bridgehead atoms. The second-order valence-corrected chi connectivity index (χ2v) is 4.97. The first kappa shape index (κ1) is 16.7. The zero-order valence-electron chi connectivity index (χ0n) is 12.6. The predicted molar refractivity (Wildman–Crippen MR) is 82.6 cm³/mol. The number of carbonyl (C=O) groups excluding carboxylic acids is 2. The van der Waals surface area contributed by atoms with E-state index < -0.39 is 0 Å². The first-order valence-corrected chi connectivity index (χ1v) is 6.78. The molecule has 0 atom stereocenters. The van der Waals surface area contributed by atoms with Gasteiger partial charge in [0.25, 0.3) is 5.91 Å². The van der Waals surface area contributed by atoms with E-state index in [0.717, 1.165) is 5.56 Å². The van der Waals surface area contributed by atoms with Crippen LogP contribution in [0.15, 0.2) is 24.3 Å². The summed E-state index contributed by atoms with van der Waals surface area (Å²) in [5.74, 6) is 5.26. The first-order valence-electron chi connectivity index (χ1n) is 6.78. The Hall–Kier alpha value is -2.32. The van der Waals surface area contributed by atoms with Crippen molar-refractivity contribution in [1.29, 1.82) is 0 Å². The van der Waals surface area contributed by atoms with Gasteiger partial charge in [0, 0.05) is 24.2 Å². The molecule has 0 aliphatic carbocycles. The lowest BCUT2D eigenvalue weighted by molar-refractivity contribution is -0.122. The maximum atomic E-state index is 12.2. The van der Waals surface area contributed by atoms with Crippen molar-refractivity contribution in [3.05, 3.63) is 35.4 Å². The van der Waals surface area contributed by atoms with Gasteiger partial charge in [-0.1, -0.05) is 11.8 Å². The number of likely N-dealkylation sites (N-methyl/N-ethyl adjacent to an activating group) is 1. The molecule has 0 fully saturated rings. The summed E-state index contributed by atoms with van der Waals surface area (Å²) in [4.78, 5) is 25.2. The third kappa shape index (κ3) is 5.67. The monoisotopic (exact) mass is 287 g/mol. The molecule has 1 rings (SSSR count). The molecule has 112 valence electrons. The topological polar surface area (TPSA) is 75.4 Å². The Morgan fingerprint density at radius 3 is 2.43 bits per heavy atom. The fraction of sp³-hybridized carbons (Fsp3) is 0.375. The summed E-state index contributed by atoms with van der Waals surface area (Å²) in [6.45, 7) is 4.09. The van der Waals surface area contributed by atoms with Gasteiger partial charge in [0.2, 0.25) is 5.91 Å². The highest BCUT2D eigenvalue weighted by Gasteiger charge is 2.15. The summed E-state index contributed by atoms with van der Waals surface area (Å²) in [6, 6.07) is 6.97. The van der Waals surface area contributed by atoms with Gasteiger partial charge < -0.3 is 16.0 Å². The van der Waals surface area contributed by atoms with Crippen LogP contribution in [0.2, 0.25) is 0 Å². The molecule has 0 saturated heterocycles. The molecule has 1 aromatic rings. The van der Waals surface area contributed by atoms with Crippen LogP contribution in [0.4, 0.5) is 0 Å². The van der Waals surface area contributed by atoms with Crippen molar-refractivity contribution in [3.63, 3.8) is 0 Å². The van der Waals surface area contributed by atoms with Crippen LogP contribution in [-0.2, 0) is 4.79 Å². The van der Waals surface area contributed by atoms with Crippen LogP contribution in [0, 0.1) is 11.8 Å². The van der Waals surface area contributed by atoms with Crippen LogP contribution < -0.4 is 11.1 Å². The summed E-state index contributed by atoms with van der Waals surface area (Å²) in [5, 5.41) is 2.75. The van der Waals surface area contributed by atoms with E-state index in [1.54, 1.807) is 31.3 Å². The van der Waals surface area contributed by atoms with Gasteiger partial charge in [0.15, 0.2) is 0 Å². The molecule has 0 saturated carbocycles. The van der Waals surface area contributed by atoms with Crippen LogP contribution >= 0.6 is 0 Å². The van der Waals surface area contributed by atoms with Gasteiger partial charge in [-0.05, 0) is 38.1 Å². The smallest absolute Gasteiger partial charge is 0.254 e. The maximum Gasteiger partial charge on any atom is 0.254 e. The highest BCUT2D eigenvalue weighted by molar-refractivity contribution is 5.96. The summed E-state index contributed by atoms with van der Waals surface area (Å²) in [6.07, 6.45) is 0. The fourth-order valence-electron chi connectivity index (χ4n) is 1.72. The quantitative estimate of drug-likeness (QED) is 0.796. The van der Waals surface area contributed by atoms with Crippen LogP contribution in [0.3, 0.4) is 0 Å². The average Bonchev–Trinajstić information content (AvgIpc) is 2.43. The molecular formula is C16H21N3O2. The molecule has 0 spiro atoms. The second-order valence-electron chi connectivity index (χ2n) is 4.97. The largest absolute Gasteiger partial charge is 0.352 e. The zero-order chi connectivity index (χ0) is 15.8. The summed E-state index contributed by atoms with van der Waals surface area (Å²) in [7, 11) is 1.60. The minimum absolute atomic E-state index is 0.0335. The lowest BCUT2D eigenvalue weighted by Crippen LogP contribution is -2.40. The third-order valence-corrected chi connectivity index (χ3v) is 2.64. The normalized spacial score (nSPS) is 9.76. The molecule has 0 unspecified atom stereocenters. The van der Waals surface area contributed by atoms with Crippen LogP contribution in [0.5, 0.6) is 0 Å². The first-order chi connectivity index (χ1) is 9.93. The lowest BCUT2D eigenvalue weighted by atomic mass is 10.1. The number of nitrogens with two attached hydrogens (primary N) is 1. The summed E-state index contributed by atoms with van der Waals surface area (Å²) < 4.78 is 0. The molecule has 0 radical (unpaired) electrons. The third-order valence-electron chi connectivity index (χ3n) is 2.64. The number of hydrogen-bond acceptors (Lipinski definition) is 3. The number of nitrogens with one attached hydrogen (secondary N) is 1. The minimum Gasteiger partial charge on any atom is -0.352 e. The van der Waals surface area contributed by atoms with Crippen molar-refractivity contribution in [3.8, 4) is 11.8 Å². The van der Waals surface area contributed by atoms with E-state index in [-0.39, 0.29) is 24.4 Å². The number of hydrogen-bond donors (Lipinski definition) is 2. The molecule has 0 heterocycles. The molecule has 21 heavy (non-hydrogen) atoms. The highest BCUT2D eigenvalue weighted by atomic mass is 16.2. The lowest BCUT2D eigenvalue weighted by Gasteiger charge is -2.18. The van der Waals surface area contributed by atoms with Gasteiger partial charge in [-0.15, -0.1) is 0 Å². The Labute approximate surface area is 125 Å². The van der Waals surface area contributed by atoms with E-state index in [1.165, 1.54) is 4.90 Å². The molecule has 0 aliphatic heterocycles. The van der Waals surface area contributed by atoms with Crippen molar-refractivity contribution in [2.45, 2.75) is 19.9 Å². The Morgan fingerprint density at radius 1 is 1.29 bits per heavy atom. The standard InChI is InChI=1S/C16H21N3O2/c1-12(2)18-15(20)11-19(3)16(21)14-8-6-13(7-9-14)5-4-10-17/h6-9,12H,10-11,17H2,1-3H3,(H,18,20). The van der Waals surface area contributed by atoms with Crippen LogP contribution in [0.1, 0.15) is 29.8 Å². The number of nitrogens with zero attached hydrogens (tertiary/aromatic N) is 1. The van der Waals surface area contributed by atoms with Gasteiger partial charge in [0.1, 0.15) is 0 Å². The Bertz CT molecular complexity index is 553. The second kappa shape index (κ2) is 8.08. The van der Waals surface area contributed by atoms with Gasteiger partial charge in [0.05, 0.1) is 13.1 Å². The zero-order valence-corrected chi connectivity index (χ0v) is 12.6. The molecule has 1 aromatic carbocycles. The number of rotatable bonds is 4. The number of benzene rings is 1. The van der Waals surface area contributed by atoms with Crippen molar-refractivity contribution < 1.29 is 9.59 Å². The molecule has 0 aromatic heterocycles. The number of carbonyl (C=O) groups is 2. The summed E-state index contributed by atoms with van der Waals surface area (Å²) in [5.41, 5.74) is 6.63. The minimum atomic E-state index is -0.202. The molecule has 0 aliphatic rings. The Kier molecular flexibility index (Phi) is 6.44. The summed E-state index contributed by atoms with van der Waals surface area (Å²) >= 11 is 0. The number of amides is 2. The van der Waals surface area contributed by atoms with Crippen LogP contribution in [-0.4, -0.2) is 42.9 Å². The average molecular weight is 287 g/mol. The fourth-order valence-corrected chi connectivity index (χ4v) is 1.72. The van der Waals surface area contributed by atoms with Crippen LogP contribution in [0.25, 0.3) is 0 Å². The molecule has 2 amide bonds. The van der Waals surface area contributed by atoms with Gasteiger partial charge in [-0.3, -0.25) is 9.59 Å². The van der Waals surface area contributed by atoms with E-state index in [9.17, 15) is 9.59 Å². The molecule has 5 heteroatoms. The SMILES string of the molecule is CC(C)NC(=O)CN(C)C(=O)c1ccc(C#CCN)cc1. The van der Waals surface area contributed by atoms with Crippen molar-refractivity contribution in [2.75, 3.05) is 20.1 Å². The van der Waals surface area contributed by atoms with Gasteiger partial charge >= 0.3 is 0 Å². The van der Waals surface area contributed by atoms with E-state index >= 15 is 0 Å². The van der Waals surface area contributed by atoms with Crippen molar-refractivity contribution in [1.82, 2.24) is 10.2 Å². The molecule has 3 N–H and O–H groups in total. The van der Waals surface area contributed by atoms with Crippen molar-refractivity contribution in [2.24, 2.45) is 5.73 Å². The Balaban J connectivity index is 2.67. The van der Waals surface area contributed by atoms with Crippen molar-refractivity contribution >= 4 is 11.8 Å².